The molecule has 0 bridgehead atoms. The summed E-state index contributed by atoms with van der Waals surface area (Å²) in [5.74, 6) is 3.84. The predicted molar refractivity (Wildman–Crippen MR) is 94.0 cm³/mol. The van der Waals surface area contributed by atoms with E-state index in [2.05, 4.69) is 21.4 Å². The van der Waals surface area contributed by atoms with E-state index >= 15 is 0 Å². The largest absolute Gasteiger partial charge is 0.472 e. The number of allylic oxidation sites excluding steroid dienone is 1. The van der Waals surface area contributed by atoms with Crippen LogP contribution >= 0.6 is 11.8 Å². The van der Waals surface area contributed by atoms with E-state index < -0.39 is 0 Å². The van der Waals surface area contributed by atoms with E-state index in [-0.39, 0.29) is 6.10 Å². The third kappa shape index (κ3) is 5.50. The van der Waals surface area contributed by atoms with Crippen LogP contribution in [0.25, 0.3) is 0 Å². The van der Waals surface area contributed by atoms with E-state index in [0.717, 1.165) is 38.3 Å². The van der Waals surface area contributed by atoms with E-state index in [1.54, 1.807) is 12.4 Å². The molecule has 1 unspecified atom stereocenters. The number of hydrogen-bond acceptors (Lipinski definition) is 6. The van der Waals surface area contributed by atoms with Crippen molar-refractivity contribution in [2.45, 2.75) is 18.9 Å². The molecule has 0 spiro atoms. The van der Waals surface area contributed by atoms with Crippen molar-refractivity contribution in [3.63, 3.8) is 0 Å². The summed E-state index contributed by atoms with van der Waals surface area (Å²) in [5, 5.41) is 0. The van der Waals surface area contributed by atoms with Gasteiger partial charge in [0.15, 0.2) is 5.82 Å². The minimum absolute atomic E-state index is 0.132. The molecule has 2 heterocycles. The summed E-state index contributed by atoms with van der Waals surface area (Å²) in [4.78, 5) is 13.1. The first-order valence-electron chi connectivity index (χ1n) is 7.76. The fraction of sp³-hybridized carbons (Fsp3) is 0.625. The Labute approximate surface area is 137 Å². The van der Waals surface area contributed by atoms with Crippen molar-refractivity contribution in [1.82, 2.24) is 14.9 Å². The number of ether oxygens (including phenoxy) is 1. The van der Waals surface area contributed by atoms with E-state index in [1.807, 2.05) is 36.8 Å². The second-order valence-corrected chi connectivity index (χ2v) is 6.85. The monoisotopic (exact) mass is 322 g/mol. The van der Waals surface area contributed by atoms with Crippen molar-refractivity contribution in [2.24, 2.45) is 0 Å². The minimum atomic E-state index is 0.132. The van der Waals surface area contributed by atoms with E-state index in [9.17, 15) is 0 Å². The molecule has 0 aliphatic carbocycles. The van der Waals surface area contributed by atoms with Crippen molar-refractivity contribution in [1.29, 1.82) is 0 Å². The molecule has 0 radical (unpaired) electrons. The van der Waals surface area contributed by atoms with Gasteiger partial charge in [0, 0.05) is 45.2 Å². The Morgan fingerprint density at radius 2 is 2.18 bits per heavy atom. The Morgan fingerprint density at radius 1 is 1.41 bits per heavy atom. The van der Waals surface area contributed by atoms with Gasteiger partial charge >= 0.3 is 0 Å². The fourth-order valence-electron chi connectivity index (χ4n) is 2.34. The molecule has 1 aromatic rings. The molecule has 122 valence electrons. The van der Waals surface area contributed by atoms with Crippen LogP contribution in [0.2, 0.25) is 0 Å². The summed E-state index contributed by atoms with van der Waals surface area (Å²) in [7, 11) is 3.91. The van der Waals surface area contributed by atoms with Gasteiger partial charge in [-0.1, -0.05) is 6.08 Å². The van der Waals surface area contributed by atoms with Gasteiger partial charge in [-0.3, -0.25) is 9.88 Å². The van der Waals surface area contributed by atoms with E-state index in [4.69, 9.17) is 4.74 Å². The van der Waals surface area contributed by atoms with Crippen molar-refractivity contribution in [3.05, 3.63) is 25.0 Å². The molecule has 0 aromatic carbocycles. The highest BCUT2D eigenvalue weighted by Gasteiger charge is 2.18. The summed E-state index contributed by atoms with van der Waals surface area (Å²) < 4.78 is 6.11. The van der Waals surface area contributed by atoms with Gasteiger partial charge in [-0.2, -0.15) is 16.7 Å². The standard InChI is InChI=1S/C16H26N4OS/c1-4-5-6-14(13-20-7-9-22-10-8-20)21-16-12-17-11-15(18-16)19(2)3/h4,11-12,14H,1,5-10,13H2,2-3H3. The first kappa shape index (κ1) is 17.1. The van der Waals surface area contributed by atoms with Crippen LogP contribution < -0.4 is 9.64 Å². The Kier molecular flexibility index (Phi) is 6.99. The Bertz CT molecular complexity index is 463. The lowest BCUT2D eigenvalue weighted by Crippen LogP contribution is -2.40. The summed E-state index contributed by atoms with van der Waals surface area (Å²) in [6.07, 6.45) is 7.43. The zero-order chi connectivity index (χ0) is 15.8. The molecule has 1 atom stereocenters. The third-order valence-electron chi connectivity index (χ3n) is 3.60. The first-order chi connectivity index (χ1) is 10.7. The zero-order valence-corrected chi connectivity index (χ0v) is 14.4. The molecule has 1 aliphatic rings. The summed E-state index contributed by atoms with van der Waals surface area (Å²) in [6, 6.07) is 0. The molecular weight excluding hydrogens is 296 g/mol. The zero-order valence-electron chi connectivity index (χ0n) is 13.6. The third-order valence-corrected chi connectivity index (χ3v) is 4.55. The van der Waals surface area contributed by atoms with Crippen molar-refractivity contribution < 1.29 is 4.74 Å². The van der Waals surface area contributed by atoms with Gasteiger partial charge in [0.1, 0.15) is 6.10 Å². The minimum Gasteiger partial charge on any atom is -0.472 e. The second-order valence-electron chi connectivity index (χ2n) is 5.63. The fourth-order valence-corrected chi connectivity index (χ4v) is 3.32. The number of nitrogens with zero attached hydrogens (tertiary/aromatic N) is 4. The highest BCUT2D eigenvalue weighted by Crippen LogP contribution is 2.17. The first-order valence-corrected chi connectivity index (χ1v) is 8.91. The molecule has 2 rings (SSSR count). The van der Waals surface area contributed by atoms with Crippen LogP contribution in [0.3, 0.4) is 0 Å². The lowest BCUT2D eigenvalue weighted by Gasteiger charge is -2.30. The average molecular weight is 322 g/mol. The van der Waals surface area contributed by atoms with E-state index in [1.165, 1.54) is 11.5 Å². The molecule has 1 aliphatic heterocycles. The average Bonchev–Trinajstić information content (AvgIpc) is 2.54. The van der Waals surface area contributed by atoms with Crippen LogP contribution in [0.1, 0.15) is 12.8 Å². The maximum atomic E-state index is 6.11. The molecule has 1 aromatic heterocycles. The Balaban J connectivity index is 1.98. The highest BCUT2D eigenvalue weighted by atomic mass is 32.2. The van der Waals surface area contributed by atoms with Crippen molar-refractivity contribution in [2.75, 3.05) is 50.1 Å². The van der Waals surface area contributed by atoms with Crippen molar-refractivity contribution >= 4 is 17.6 Å². The number of anilines is 1. The van der Waals surface area contributed by atoms with Gasteiger partial charge in [-0.05, 0) is 12.8 Å². The molecular formula is C16H26N4OS. The van der Waals surface area contributed by atoms with Gasteiger partial charge in [0.2, 0.25) is 5.88 Å². The van der Waals surface area contributed by atoms with Crippen LogP contribution in [0.5, 0.6) is 5.88 Å². The van der Waals surface area contributed by atoms with Crippen LogP contribution in [0, 0.1) is 0 Å². The maximum Gasteiger partial charge on any atom is 0.234 e. The SMILES string of the molecule is C=CCCC(CN1CCSCC1)Oc1cncc(N(C)C)n1. The number of thioether (sulfide) groups is 1. The maximum absolute atomic E-state index is 6.11. The molecule has 0 N–H and O–H groups in total. The number of aromatic nitrogens is 2. The normalized spacial score (nSPS) is 17.0. The summed E-state index contributed by atoms with van der Waals surface area (Å²) in [6.45, 7) is 7.05. The lowest BCUT2D eigenvalue weighted by atomic mass is 10.2. The predicted octanol–water partition coefficient (Wildman–Crippen LogP) is 2.31. The van der Waals surface area contributed by atoms with Crippen LogP contribution in [-0.4, -0.2) is 66.2 Å². The molecule has 0 saturated carbocycles. The van der Waals surface area contributed by atoms with Crippen LogP contribution in [-0.2, 0) is 0 Å². The van der Waals surface area contributed by atoms with Gasteiger partial charge in [0.25, 0.3) is 0 Å². The Morgan fingerprint density at radius 3 is 2.86 bits per heavy atom. The molecule has 0 amide bonds. The topological polar surface area (TPSA) is 41.5 Å². The van der Waals surface area contributed by atoms with Gasteiger partial charge in [0.05, 0.1) is 12.4 Å². The molecule has 6 heteroatoms. The summed E-state index contributed by atoms with van der Waals surface area (Å²) >= 11 is 2.03. The molecule has 1 fully saturated rings. The van der Waals surface area contributed by atoms with E-state index in [0.29, 0.717) is 5.88 Å². The Hall–Kier alpha value is -1.27. The smallest absolute Gasteiger partial charge is 0.234 e. The van der Waals surface area contributed by atoms with Gasteiger partial charge < -0.3 is 9.64 Å². The highest BCUT2D eigenvalue weighted by molar-refractivity contribution is 7.99. The molecule has 22 heavy (non-hydrogen) atoms. The van der Waals surface area contributed by atoms with Crippen LogP contribution in [0.4, 0.5) is 5.82 Å². The van der Waals surface area contributed by atoms with Gasteiger partial charge in [-0.25, -0.2) is 0 Å². The number of hydrogen-bond donors (Lipinski definition) is 0. The van der Waals surface area contributed by atoms with Crippen LogP contribution in [0.15, 0.2) is 25.0 Å². The quantitative estimate of drug-likeness (QED) is 0.684. The second kappa shape index (κ2) is 9.00. The van der Waals surface area contributed by atoms with Crippen molar-refractivity contribution in [3.8, 4) is 5.88 Å². The molecule has 5 nitrogen and oxygen atoms in total. The lowest BCUT2D eigenvalue weighted by molar-refractivity contribution is 0.127. The summed E-state index contributed by atoms with van der Waals surface area (Å²) in [5.41, 5.74) is 0. The van der Waals surface area contributed by atoms with Gasteiger partial charge in [-0.15, -0.1) is 6.58 Å². The number of rotatable bonds is 8. The molecule has 1 saturated heterocycles.